The number of amides is 1. The van der Waals surface area contributed by atoms with Gasteiger partial charge in [0.25, 0.3) is 0 Å². The van der Waals surface area contributed by atoms with Crippen molar-refractivity contribution in [1.29, 1.82) is 0 Å². The van der Waals surface area contributed by atoms with Gasteiger partial charge in [-0.2, -0.15) is 18.3 Å². The van der Waals surface area contributed by atoms with Crippen LogP contribution in [0.5, 0.6) is 0 Å². The van der Waals surface area contributed by atoms with Crippen molar-refractivity contribution in [2.45, 2.75) is 44.9 Å². The van der Waals surface area contributed by atoms with Crippen LogP contribution < -0.4 is 10.6 Å². The van der Waals surface area contributed by atoms with Gasteiger partial charge in [-0.15, -0.1) is 10.2 Å². The van der Waals surface area contributed by atoms with Crippen LogP contribution in [0.15, 0.2) is 30.5 Å². The standard InChI is InChI=1S/C25H28F3N7O/c26-25(27,28)24(5-6-24)15-34-8-3-16(4-9-34)23(36)31-22-12-18-11-17(1-2-20(18)32-33-22)19-13-30-35-10-7-29-14-21(19)35/h1-2,11-13,16,29H,3-10,14-15H2,(H,31,33,36). The lowest BCUT2D eigenvalue weighted by atomic mass is 9.94. The molecule has 2 N–H and O–H groups in total. The van der Waals surface area contributed by atoms with Crippen LogP contribution in [0.4, 0.5) is 19.0 Å². The third-order valence-electron chi connectivity index (χ3n) is 7.83. The molecular weight excluding hydrogens is 471 g/mol. The van der Waals surface area contributed by atoms with Gasteiger partial charge in [-0.3, -0.25) is 9.48 Å². The van der Waals surface area contributed by atoms with Crippen LogP contribution in [-0.4, -0.2) is 63.1 Å². The Hall–Kier alpha value is -3.05. The molecule has 190 valence electrons. The first-order valence-corrected chi connectivity index (χ1v) is 12.4. The normalized spacial score (nSPS) is 20.3. The van der Waals surface area contributed by atoms with E-state index in [1.807, 2.05) is 40.0 Å². The number of carbonyl (C=O) groups excluding carboxylic acids is 1. The molecule has 0 bridgehead atoms. The number of likely N-dealkylation sites (tertiary alicyclic amines) is 1. The number of hydrogen-bond donors (Lipinski definition) is 2. The summed E-state index contributed by atoms with van der Waals surface area (Å²) in [5.41, 5.74) is 2.43. The number of anilines is 1. The van der Waals surface area contributed by atoms with E-state index in [0.717, 1.165) is 47.4 Å². The highest BCUT2D eigenvalue weighted by molar-refractivity contribution is 5.94. The van der Waals surface area contributed by atoms with Crippen LogP contribution >= 0.6 is 0 Å². The summed E-state index contributed by atoms with van der Waals surface area (Å²) in [6, 6.07) is 7.75. The molecule has 1 aliphatic carbocycles. The molecule has 3 aromatic rings. The van der Waals surface area contributed by atoms with E-state index in [1.165, 1.54) is 0 Å². The fourth-order valence-corrected chi connectivity index (χ4v) is 5.39. The molecule has 2 aliphatic heterocycles. The minimum Gasteiger partial charge on any atom is -0.309 e. The maximum atomic E-state index is 13.3. The van der Waals surface area contributed by atoms with E-state index >= 15 is 0 Å². The summed E-state index contributed by atoms with van der Waals surface area (Å²) < 4.78 is 41.9. The van der Waals surface area contributed by atoms with Gasteiger partial charge in [-0.1, -0.05) is 6.07 Å². The number of hydrogen-bond acceptors (Lipinski definition) is 6. The van der Waals surface area contributed by atoms with Gasteiger partial charge in [0.1, 0.15) is 0 Å². The zero-order chi connectivity index (χ0) is 24.9. The molecule has 6 rings (SSSR count). The minimum atomic E-state index is -4.15. The van der Waals surface area contributed by atoms with Gasteiger partial charge in [0.2, 0.25) is 5.91 Å². The van der Waals surface area contributed by atoms with Crippen molar-refractivity contribution in [2.24, 2.45) is 11.3 Å². The Bertz CT molecular complexity index is 1290. The van der Waals surface area contributed by atoms with Crippen LogP contribution in [0.3, 0.4) is 0 Å². The van der Waals surface area contributed by atoms with E-state index in [1.54, 1.807) is 0 Å². The Morgan fingerprint density at radius 2 is 1.94 bits per heavy atom. The third-order valence-corrected chi connectivity index (χ3v) is 7.83. The maximum Gasteiger partial charge on any atom is 0.395 e. The molecule has 2 aromatic heterocycles. The van der Waals surface area contributed by atoms with Crippen LogP contribution in [0.1, 0.15) is 31.4 Å². The Labute approximate surface area is 206 Å². The van der Waals surface area contributed by atoms with Crippen LogP contribution in [0.2, 0.25) is 0 Å². The topological polar surface area (TPSA) is 88.0 Å². The summed E-state index contributed by atoms with van der Waals surface area (Å²) in [5.74, 6) is -0.0365. The number of nitrogens with one attached hydrogen (secondary N) is 2. The molecule has 11 heteroatoms. The van der Waals surface area contributed by atoms with Crippen molar-refractivity contribution in [3.63, 3.8) is 0 Å². The molecule has 2 fully saturated rings. The Balaban J connectivity index is 1.11. The van der Waals surface area contributed by atoms with Crippen molar-refractivity contribution in [3.05, 3.63) is 36.2 Å². The average molecular weight is 500 g/mol. The van der Waals surface area contributed by atoms with Crippen molar-refractivity contribution >= 4 is 22.6 Å². The summed E-state index contributed by atoms with van der Waals surface area (Å²) in [6.07, 6.45) is -0.783. The molecule has 0 radical (unpaired) electrons. The zero-order valence-electron chi connectivity index (χ0n) is 19.8. The summed E-state index contributed by atoms with van der Waals surface area (Å²) in [7, 11) is 0. The van der Waals surface area contributed by atoms with Crippen molar-refractivity contribution < 1.29 is 18.0 Å². The molecule has 3 aliphatic rings. The first-order valence-electron chi connectivity index (χ1n) is 12.4. The van der Waals surface area contributed by atoms with Crippen LogP contribution in [0, 0.1) is 11.3 Å². The highest BCUT2D eigenvalue weighted by Crippen LogP contribution is 2.58. The number of fused-ring (bicyclic) bond motifs is 2. The fourth-order valence-electron chi connectivity index (χ4n) is 5.39. The molecular formula is C25H28F3N7O. The van der Waals surface area contributed by atoms with Crippen molar-refractivity contribution in [1.82, 2.24) is 30.2 Å². The van der Waals surface area contributed by atoms with Crippen LogP contribution in [0.25, 0.3) is 22.0 Å². The number of rotatable bonds is 5. The monoisotopic (exact) mass is 499 g/mol. The molecule has 1 saturated heterocycles. The predicted molar refractivity (Wildman–Crippen MR) is 128 cm³/mol. The molecule has 1 amide bonds. The number of alkyl halides is 3. The molecule has 8 nitrogen and oxygen atoms in total. The smallest absolute Gasteiger partial charge is 0.309 e. The Morgan fingerprint density at radius 3 is 2.69 bits per heavy atom. The average Bonchev–Trinajstić information content (AvgIpc) is 3.54. The summed E-state index contributed by atoms with van der Waals surface area (Å²) in [6.45, 7) is 3.53. The number of benzene rings is 1. The minimum absolute atomic E-state index is 0.0417. The highest BCUT2D eigenvalue weighted by atomic mass is 19.4. The predicted octanol–water partition coefficient (Wildman–Crippen LogP) is 3.59. The molecule has 0 unspecified atom stereocenters. The molecule has 0 spiro atoms. The third kappa shape index (κ3) is 4.34. The highest BCUT2D eigenvalue weighted by Gasteiger charge is 2.63. The second-order valence-corrected chi connectivity index (χ2v) is 10.2. The lowest BCUT2D eigenvalue weighted by Gasteiger charge is -2.34. The van der Waals surface area contributed by atoms with E-state index in [0.29, 0.717) is 31.7 Å². The van der Waals surface area contributed by atoms with E-state index in [4.69, 9.17) is 0 Å². The SMILES string of the molecule is O=C(Nc1cc2cc(-c3cnn4c3CNCC4)ccc2nn1)C1CCN(CC2(C(F)(F)F)CC2)CC1. The fraction of sp³-hybridized carbons (Fsp3) is 0.520. The zero-order valence-corrected chi connectivity index (χ0v) is 19.8. The number of halogens is 3. The number of nitrogens with zero attached hydrogens (tertiary/aromatic N) is 5. The number of piperidine rings is 1. The van der Waals surface area contributed by atoms with Crippen molar-refractivity contribution in [2.75, 3.05) is 31.5 Å². The van der Waals surface area contributed by atoms with Gasteiger partial charge < -0.3 is 15.5 Å². The van der Waals surface area contributed by atoms with Gasteiger partial charge in [-0.25, -0.2) is 0 Å². The first kappa shape index (κ1) is 23.4. The second kappa shape index (κ2) is 8.81. The summed E-state index contributed by atoms with van der Waals surface area (Å²) >= 11 is 0. The van der Waals surface area contributed by atoms with Crippen LogP contribution in [-0.2, 0) is 17.9 Å². The second-order valence-electron chi connectivity index (χ2n) is 10.2. The Kier molecular flexibility index (Phi) is 5.71. The quantitative estimate of drug-likeness (QED) is 0.558. The van der Waals surface area contributed by atoms with E-state index in [2.05, 4.69) is 25.9 Å². The molecule has 1 saturated carbocycles. The van der Waals surface area contributed by atoms with Gasteiger partial charge in [0, 0.05) is 36.5 Å². The molecule has 4 heterocycles. The maximum absolute atomic E-state index is 13.3. The van der Waals surface area contributed by atoms with Gasteiger partial charge in [0.05, 0.1) is 29.4 Å². The summed E-state index contributed by atoms with van der Waals surface area (Å²) in [5, 5.41) is 20.0. The summed E-state index contributed by atoms with van der Waals surface area (Å²) in [4.78, 5) is 14.7. The first-order chi connectivity index (χ1) is 17.3. The van der Waals surface area contributed by atoms with Gasteiger partial charge >= 0.3 is 6.18 Å². The largest absolute Gasteiger partial charge is 0.395 e. The molecule has 1 aromatic carbocycles. The van der Waals surface area contributed by atoms with Gasteiger partial charge in [-0.05, 0) is 62.5 Å². The lowest BCUT2D eigenvalue weighted by molar-refractivity contribution is -0.192. The van der Waals surface area contributed by atoms with E-state index in [9.17, 15) is 18.0 Å². The van der Waals surface area contributed by atoms with E-state index in [-0.39, 0.29) is 31.2 Å². The molecule has 0 atom stereocenters. The lowest BCUT2D eigenvalue weighted by Crippen LogP contribution is -2.44. The molecule has 36 heavy (non-hydrogen) atoms. The van der Waals surface area contributed by atoms with Crippen molar-refractivity contribution in [3.8, 4) is 11.1 Å². The van der Waals surface area contributed by atoms with E-state index < -0.39 is 11.6 Å². The number of carbonyl (C=O) groups is 1. The van der Waals surface area contributed by atoms with Gasteiger partial charge in [0.15, 0.2) is 5.82 Å². The number of aromatic nitrogens is 4. The Morgan fingerprint density at radius 1 is 1.14 bits per heavy atom.